The lowest BCUT2D eigenvalue weighted by Gasteiger charge is -2.08. The van der Waals surface area contributed by atoms with Gasteiger partial charge in [-0.2, -0.15) is 4.98 Å². The van der Waals surface area contributed by atoms with Crippen LogP contribution >= 0.6 is 11.8 Å². The molecule has 1 aromatic rings. The van der Waals surface area contributed by atoms with Gasteiger partial charge in [0.15, 0.2) is 5.16 Å². The molecule has 0 bridgehead atoms. The summed E-state index contributed by atoms with van der Waals surface area (Å²) in [6.45, 7) is 3.73. The quantitative estimate of drug-likeness (QED) is 0.446. The first kappa shape index (κ1) is 13.1. The lowest BCUT2D eigenvalue weighted by Crippen LogP contribution is -2.08. The third kappa shape index (κ3) is 4.24. The van der Waals surface area contributed by atoms with E-state index in [1.54, 1.807) is 6.07 Å². The van der Waals surface area contributed by atoms with Gasteiger partial charge >= 0.3 is 0 Å². The van der Waals surface area contributed by atoms with Crippen molar-refractivity contribution in [1.29, 1.82) is 0 Å². The topological polar surface area (TPSA) is 56.3 Å². The summed E-state index contributed by atoms with van der Waals surface area (Å²) < 4.78 is 10.6. The van der Waals surface area contributed by atoms with Crippen LogP contribution in [0.5, 0.6) is 5.88 Å². The molecular weight excluding hydrogens is 226 g/mol. The number of rotatable bonds is 7. The monoisotopic (exact) mass is 243 g/mol. The number of nitrogens with zero attached hydrogens (tertiary/aromatic N) is 2. The van der Waals surface area contributed by atoms with Crippen LogP contribution in [-0.4, -0.2) is 43.1 Å². The van der Waals surface area contributed by atoms with Crippen LogP contribution in [0.3, 0.4) is 0 Å². The fourth-order valence-electron chi connectivity index (χ4n) is 1.05. The van der Waals surface area contributed by atoms with Gasteiger partial charge in [-0.05, 0) is 13.2 Å². The number of aromatic nitrogens is 2. The number of hydrogen-bond donors (Lipinski definition) is 1. The lowest BCUT2D eigenvalue weighted by molar-refractivity contribution is 0.108. The Hall–Kier alpha value is -1.01. The average Bonchev–Trinajstić information content (AvgIpc) is 2.34. The average molecular weight is 243 g/mol. The molecule has 1 aromatic heterocycles. The zero-order valence-electron chi connectivity index (χ0n) is 9.82. The molecule has 16 heavy (non-hydrogen) atoms. The van der Waals surface area contributed by atoms with Gasteiger partial charge in [-0.1, -0.05) is 11.8 Å². The zero-order chi connectivity index (χ0) is 11.8. The van der Waals surface area contributed by atoms with Crippen LogP contribution in [0.2, 0.25) is 0 Å². The molecule has 0 amide bonds. The summed E-state index contributed by atoms with van der Waals surface area (Å²) in [5.74, 6) is 1.33. The van der Waals surface area contributed by atoms with Crippen LogP contribution in [0.1, 0.15) is 6.92 Å². The molecule has 0 aromatic carbocycles. The second-order valence-electron chi connectivity index (χ2n) is 2.87. The van der Waals surface area contributed by atoms with Crippen LogP contribution in [0, 0.1) is 0 Å². The minimum atomic E-state index is 0.502. The molecule has 0 unspecified atom stereocenters. The summed E-state index contributed by atoms with van der Waals surface area (Å²) in [5.41, 5.74) is 0. The summed E-state index contributed by atoms with van der Waals surface area (Å²) in [4.78, 5) is 8.48. The third-order valence-corrected chi connectivity index (χ3v) is 2.35. The first-order valence-electron chi connectivity index (χ1n) is 5.11. The molecular formula is C10H17N3O2S. The summed E-state index contributed by atoms with van der Waals surface area (Å²) in [6.07, 6.45) is 1.93. The first-order valence-corrected chi connectivity index (χ1v) is 6.34. The molecule has 6 heteroatoms. The van der Waals surface area contributed by atoms with E-state index in [1.165, 1.54) is 11.8 Å². The molecule has 0 spiro atoms. The lowest BCUT2D eigenvalue weighted by atomic mass is 10.5. The van der Waals surface area contributed by atoms with Crippen LogP contribution < -0.4 is 10.1 Å². The Kier molecular flexibility index (Phi) is 5.95. The highest BCUT2D eigenvalue weighted by Gasteiger charge is 2.03. The molecule has 0 aliphatic rings. The third-order valence-electron chi connectivity index (χ3n) is 1.80. The fraction of sp³-hybridized carbons (Fsp3) is 0.600. The van der Waals surface area contributed by atoms with Gasteiger partial charge in [0.25, 0.3) is 0 Å². The maximum atomic E-state index is 5.46. The summed E-state index contributed by atoms with van der Waals surface area (Å²) in [7, 11) is 1.82. The minimum Gasteiger partial charge on any atom is -0.475 e. The van der Waals surface area contributed by atoms with Gasteiger partial charge in [0.2, 0.25) is 5.88 Å². The van der Waals surface area contributed by atoms with E-state index in [0.29, 0.717) is 30.9 Å². The van der Waals surface area contributed by atoms with Crippen molar-refractivity contribution in [3.63, 3.8) is 0 Å². The van der Waals surface area contributed by atoms with Crippen molar-refractivity contribution >= 4 is 17.6 Å². The van der Waals surface area contributed by atoms with Crippen molar-refractivity contribution in [2.24, 2.45) is 0 Å². The number of anilines is 1. The molecule has 0 radical (unpaired) electrons. The highest BCUT2D eigenvalue weighted by molar-refractivity contribution is 7.98. The molecule has 0 aliphatic carbocycles. The van der Waals surface area contributed by atoms with E-state index in [0.717, 1.165) is 5.82 Å². The summed E-state index contributed by atoms with van der Waals surface area (Å²) in [6, 6.07) is 1.77. The molecule has 1 N–H and O–H groups in total. The van der Waals surface area contributed by atoms with E-state index in [4.69, 9.17) is 9.47 Å². The van der Waals surface area contributed by atoms with Gasteiger partial charge in [0, 0.05) is 19.7 Å². The molecule has 0 aliphatic heterocycles. The van der Waals surface area contributed by atoms with Crippen molar-refractivity contribution < 1.29 is 9.47 Å². The van der Waals surface area contributed by atoms with E-state index in [2.05, 4.69) is 15.3 Å². The Balaban J connectivity index is 2.57. The Labute approximate surface area is 100.0 Å². The Morgan fingerprint density at radius 3 is 2.81 bits per heavy atom. The van der Waals surface area contributed by atoms with E-state index < -0.39 is 0 Å². The predicted octanol–water partition coefficient (Wildman–Crippen LogP) is 1.66. The van der Waals surface area contributed by atoms with Crippen molar-refractivity contribution in [3.05, 3.63) is 6.07 Å². The van der Waals surface area contributed by atoms with Gasteiger partial charge in [-0.15, -0.1) is 0 Å². The van der Waals surface area contributed by atoms with E-state index in [1.807, 2.05) is 20.2 Å². The van der Waals surface area contributed by atoms with Gasteiger partial charge in [0.05, 0.1) is 6.61 Å². The van der Waals surface area contributed by atoms with E-state index in [-0.39, 0.29) is 0 Å². The number of ether oxygens (including phenoxy) is 2. The van der Waals surface area contributed by atoms with Crippen molar-refractivity contribution in [1.82, 2.24) is 9.97 Å². The van der Waals surface area contributed by atoms with Crippen molar-refractivity contribution in [2.45, 2.75) is 12.1 Å². The normalized spacial score (nSPS) is 10.2. The zero-order valence-corrected chi connectivity index (χ0v) is 10.6. The van der Waals surface area contributed by atoms with Crippen LogP contribution in [0.25, 0.3) is 0 Å². The van der Waals surface area contributed by atoms with E-state index in [9.17, 15) is 0 Å². The highest BCUT2D eigenvalue weighted by Crippen LogP contribution is 2.18. The van der Waals surface area contributed by atoms with Gasteiger partial charge in [-0.25, -0.2) is 4.98 Å². The van der Waals surface area contributed by atoms with Crippen molar-refractivity contribution in [2.75, 3.05) is 38.4 Å². The van der Waals surface area contributed by atoms with Gasteiger partial charge in [-0.3, -0.25) is 0 Å². The van der Waals surface area contributed by atoms with Crippen LogP contribution in [0.15, 0.2) is 11.2 Å². The molecule has 0 saturated carbocycles. The Morgan fingerprint density at radius 2 is 2.19 bits per heavy atom. The largest absolute Gasteiger partial charge is 0.475 e. The highest BCUT2D eigenvalue weighted by atomic mass is 32.2. The minimum absolute atomic E-state index is 0.502. The maximum Gasteiger partial charge on any atom is 0.219 e. The summed E-state index contributed by atoms with van der Waals surface area (Å²) in [5, 5.41) is 3.66. The maximum absolute atomic E-state index is 5.46. The van der Waals surface area contributed by atoms with Gasteiger partial charge < -0.3 is 14.8 Å². The standard InChI is InChI=1S/C10H17N3O2S/c1-4-14-5-6-15-9-7-8(11-2)12-10(13-9)16-3/h7H,4-6H2,1-3H3,(H,11,12,13). The molecule has 1 heterocycles. The summed E-state index contributed by atoms with van der Waals surface area (Å²) >= 11 is 1.48. The second-order valence-corrected chi connectivity index (χ2v) is 3.65. The number of nitrogens with one attached hydrogen (secondary N) is 1. The molecule has 0 saturated heterocycles. The molecule has 0 fully saturated rings. The smallest absolute Gasteiger partial charge is 0.219 e. The second kappa shape index (κ2) is 7.29. The SMILES string of the molecule is CCOCCOc1cc(NC)nc(SC)n1. The Bertz CT molecular complexity index is 301. The number of thioether (sulfide) groups is 1. The Morgan fingerprint density at radius 1 is 1.38 bits per heavy atom. The van der Waals surface area contributed by atoms with Crippen LogP contribution in [0.4, 0.5) is 5.82 Å². The first-order chi connectivity index (χ1) is 7.80. The molecule has 0 atom stereocenters. The molecule has 1 rings (SSSR count). The predicted molar refractivity (Wildman–Crippen MR) is 65.3 cm³/mol. The molecule has 90 valence electrons. The van der Waals surface area contributed by atoms with Crippen LogP contribution in [-0.2, 0) is 4.74 Å². The molecule has 5 nitrogen and oxygen atoms in total. The number of hydrogen-bond acceptors (Lipinski definition) is 6. The van der Waals surface area contributed by atoms with Crippen molar-refractivity contribution in [3.8, 4) is 5.88 Å². The van der Waals surface area contributed by atoms with E-state index >= 15 is 0 Å². The fourth-order valence-corrected chi connectivity index (χ4v) is 1.42. The van der Waals surface area contributed by atoms with Gasteiger partial charge in [0.1, 0.15) is 12.4 Å².